The molecule has 152 valence electrons. The van der Waals surface area contributed by atoms with Crippen molar-refractivity contribution < 1.29 is 26.5 Å². The lowest BCUT2D eigenvalue weighted by molar-refractivity contribution is 0.0277. The summed E-state index contributed by atoms with van der Waals surface area (Å²) >= 11 is 0. The van der Waals surface area contributed by atoms with Gasteiger partial charge in [-0.05, 0) is 62.2 Å². The zero-order valence-electron chi connectivity index (χ0n) is 16.4. The zero-order valence-corrected chi connectivity index (χ0v) is 17.2. The highest BCUT2D eigenvalue weighted by Gasteiger charge is 2.21. The van der Waals surface area contributed by atoms with E-state index in [1.807, 2.05) is 6.07 Å². The molecule has 0 unspecified atom stereocenters. The lowest BCUT2D eigenvalue weighted by Gasteiger charge is -2.11. The standard InChI is InChI=1S/C20H20N2O6S/c1-12-5-6-13(2)18(11-12)29(24,25)28-17-9-7-16(8-10-17)20(23)26-14(3)19-22-21-15(4)27-19/h5-11,14H,1-4H3/t14-/m1/s1. The molecular formula is C20H20N2O6S. The molecule has 8 nitrogen and oxygen atoms in total. The van der Waals surface area contributed by atoms with Crippen LogP contribution in [-0.4, -0.2) is 24.6 Å². The minimum Gasteiger partial charge on any atom is -0.449 e. The van der Waals surface area contributed by atoms with Crippen molar-refractivity contribution in [3.8, 4) is 5.75 Å². The number of hydrogen-bond acceptors (Lipinski definition) is 8. The summed E-state index contributed by atoms with van der Waals surface area (Å²) < 4.78 is 40.8. The maximum atomic E-state index is 12.6. The average Bonchev–Trinajstić information content (AvgIpc) is 3.10. The van der Waals surface area contributed by atoms with Crippen molar-refractivity contribution in [2.75, 3.05) is 0 Å². The van der Waals surface area contributed by atoms with Crippen LogP contribution < -0.4 is 4.18 Å². The summed E-state index contributed by atoms with van der Waals surface area (Å²) in [5.41, 5.74) is 1.62. The van der Waals surface area contributed by atoms with Crippen LogP contribution in [0.1, 0.15) is 46.3 Å². The smallest absolute Gasteiger partial charge is 0.339 e. The number of rotatable bonds is 6. The molecule has 0 amide bonds. The number of aromatic nitrogens is 2. The molecule has 1 heterocycles. The summed E-state index contributed by atoms with van der Waals surface area (Å²) in [6.45, 7) is 6.74. The highest BCUT2D eigenvalue weighted by atomic mass is 32.2. The molecule has 0 radical (unpaired) electrons. The largest absolute Gasteiger partial charge is 0.449 e. The van der Waals surface area contributed by atoms with E-state index >= 15 is 0 Å². The Morgan fingerprint density at radius 1 is 1.03 bits per heavy atom. The number of esters is 1. The number of aryl methyl sites for hydroxylation is 3. The third-order valence-electron chi connectivity index (χ3n) is 4.08. The topological polar surface area (TPSA) is 109 Å². The monoisotopic (exact) mass is 416 g/mol. The molecule has 29 heavy (non-hydrogen) atoms. The number of carbonyl (C=O) groups is 1. The fourth-order valence-corrected chi connectivity index (χ4v) is 3.80. The van der Waals surface area contributed by atoms with E-state index in [-0.39, 0.29) is 22.1 Å². The first-order chi connectivity index (χ1) is 13.7. The van der Waals surface area contributed by atoms with E-state index in [4.69, 9.17) is 13.3 Å². The maximum absolute atomic E-state index is 12.6. The number of ether oxygens (including phenoxy) is 1. The van der Waals surface area contributed by atoms with E-state index in [0.717, 1.165) is 5.56 Å². The van der Waals surface area contributed by atoms with Gasteiger partial charge in [-0.2, -0.15) is 8.42 Å². The van der Waals surface area contributed by atoms with Gasteiger partial charge in [-0.25, -0.2) is 4.79 Å². The molecule has 0 aliphatic carbocycles. The Morgan fingerprint density at radius 3 is 2.34 bits per heavy atom. The predicted molar refractivity (Wildman–Crippen MR) is 103 cm³/mol. The zero-order chi connectivity index (χ0) is 21.2. The Kier molecular flexibility index (Phi) is 5.69. The first-order valence-electron chi connectivity index (χ1n) is 8.78. The van der Waals surface area contributed by atoms with Crippen molar-refractivity contribution in [3.63, 3.8) is 0 Å². The van der Waals surface area contributed by atoms with Crippen molar-refractivity contribution in [3.05, 3.63) is 70.9 Å². The number of benzene rings is 2. The quantitative estimate of drug-likeness (QED) is 0.442. The summed E-state index contributed by atoms with van der Waals surface area (Å²) in [5, 5.41) is 7.50. The second kappa shape index (κ2) is 8.04. The Hall–Kier alpha value is -3.20. The van der Waals surface area contributed by atoms with Gasteiger partial charge in [0.05, 0.1) is 5.56 Å². The Labute approximate surface area is 168 Å². The molecule has 1 aromatic heterocycles. The van der Waals surface area contributed by atoms with Crippen LogP contribution in [0.15, 0.2) is 51.8 Å². The van der Waals surface area contributed by atoms with E-state index in [9.17, 15) is 13.2 Å². The molecule has 0 bridgehead atoms. The summed E-state index contributed by atoms with van der Waals surface area (Å²) in [4.78, 5) is 12.4. The molecule has 0 saturated heterocycles. The molecular weight excluding hydrogens is 396 g/mol. The van der Waals surface area contributed by atoms with Gasteiger partial charge in [0.2, 0.25) is 5.89 Å². The van der Waals surface area contributed by atoms with Crippen LogP contribution in [0, 0.1) is 20.8 Å². The van der Waals surface area contributed by atoms with Gasteiger partial charge in [-0.3, -0.25) is 0 Å². The van der Waals surface area contributed by atoms with Gasteiger partial charge < -0.3 is 13.3 Å². The molecule has 0 fully saturated rings. The van der Waals surface area contributed by atoms with E-state index in [0.29, 0.717) is 11.5 Å². The lowest BCUT2D eigenvalue weighted by atomic mass is 10.2. The molecule has 0 saturated carbocycles. The summed E-state index contributed by atoms with van der Waals surface area (Å²) in [7, 11) is -4.00. The van der Waals surface area contributed by atoms with Crippen LogP contribution in [0.4, 0.5) is 0 Å². The van der Waals surface area contributed by atoms with Gasteiger partial charge in [0, 0.05) is 6.92 Å². The predicted octanol–water partition coefficient (Wildman–Crippen LogP) is 3.68. The molecule has 9 heteroatoms. The molecule has 0 spiro atoms. The maximum Gasteiger partial charge on any atom is 0.339 e. The molecule has 0 aliphatic rings. The van der Waals surface area contributed by atoms with Crippen LogP contribution >= 0.6 is 0 Å². The molecule has 0 aliphatic heterocycles. The van der Waals surface area contributed by atoms with Crippen LogP contribution in [-0.2, 0) is 14.9 Å². The molecule has 3 aromatic rings. The van der Waals surface area contributed by atoms with Crippen molar-refractivity contribution in [2.45, 2.75) is 38.7 Å². The third-order valence-corrected chi connectivity index (χ3v) is 5.47. The second-order valence-corrected chi connectivity index (χ2v) is 8.05. The van der Waals surface area contributed by atoms with Gasteiger partial charge >= 0.3 is 16.1 Å². The Balaban J connectivity index is 1.71. The van der Waals surface area contributed by atoms with Gasteiger partial charge in [-0.1, -0.05) is 12.1 Å². The molecule has 0 N–H and O–H groups in total. The number of hydrogen-bond donors (Lipinski definition) is 0. The first-order valence-corrected chi connectivity index (χ1v) is 10.2. The number of nitrogens with zero attached hydrogens (tertiary/aromatic N) is 2. The average molecular weight is 416 g/mol. The molecule has 3 rings (SSSR count). The van der Waals surface area contributed by atoms with Gasteiger partial charge in [0.25, 0.3) is 5.89 Å². The van der Waals surface area contributed by atoms with Gasteiger partial charge in [0.1, 0.15) is 10.6 Å². The molecule has 2 aromatic carbocycles. The first kappa shape index (κ1) is 20.5. The minimum absolute atomic E-state index is 0.0861. The van der Waals surface area contributed by atoms with Gasteiger partial charge in [0.15, 0.2) is 6.10 Å². The highest BCUT2D eigenvalue weighted by Crippen LogP contribution is 2.23. The fourth-order valence-electron chi connectivity index (χ4n) is 2.55. The second-order valence-electron chi connectivity index (χ2n) is 6.54. The van der Waals surface area contributed by atoms with Crippen molar-refractivity contribution in [1.82, 2.24) is 10.2 Å². The van der Waals surface area contributed by atoms with E-state index in [1.165, 1.54) is 24.3 Å². The van der Waals surface area contributed by atoms with Crippen LogP contribution in [0.5, 0.6) is 5.75 Å². The summed E-state index contributed by atoms with van der Waals surface area (Å²) in [6.07, 6.45) is -0.718. The lowest BCUT2D eigenvalue weighted by Crippen LogP contribution is -2.12. The third kappa shape index (κ3) is 4.80. The Morgan fingerprint density at radius 2 is 1.72 bits per heavy atom. The minimum atomic E-state index is -4.00. The van der Waals surface area contributed by atoms with E-state index in [1.54, 1.807) is 39.8 Å². The van der Waals surface area contributed by atoms with Gasteiger partial charge in [-0.15, -0.1) is 10.2 Å². The highest BCUT2D eigenvalue weighted by molar-refractivity contribution is 7.87. The number of carbonyl (C=O) groups excluding carboxylic acids is 1. The normalized spacial score (nSPS) is 12.4. The van der Waals surface area contributed by atoms with Crippen molar-refractivity contribution in [2.24, 2.45) is 0 Å². The van der Waals surface area contributed by atoms with Crippen LogP contribution in [0.2, 0.25) is 0 Å². The summed E-state index contributed by atoms with van der Waals surface area (Å²) in [5.74, 6) is 0.0326. The van der Waals surface area contributed by atoms with Crippen molar-refractivity contribution in [1.29, 1.82) is 0 Å². The van der Waals surface area contributed by atoms with Crippen LogP contribution in [0.25, 0.3) is 0 Å². The molecule has 1 atom stereocenters. The summed E-state index contributed by atoms with van der Waals surface area (Å²) in [6, 6.07) is 10.7. The van der Waals surface area contributed by atoms with E-state index in [2.05, 4.69) is 10.2 Å². The van der Waals surface area contributed by atoms with E-state index < -0.39 is 22.2 Å². The van der Waals surface area contributed by atoms with Crippen LogP contribution in [0.3, 0.4) is 0 Å². The SMILES string of the molecule is Cc1ccc(C)c(S(=O)(=O)Oc2ccc(C(=O)O[C@H](C)c3nnc(C)o3)cc2)c1. The van der Waals surface area contributed by atoms with Crippen molar-refractivity contribution >= 4 is 16.1 Å². The Bertz CT molecular complexity index is 1140. The fraction of sp³-hybridized carbons (Fsp3) is 0.250.